The molecule has 0 spiro atoms. The average Bonchev–Trinajstić information content (AvgIpc) is 2.60. The molecule has 0 fully saturated rings. The van der Waals surface area contributed by atoms with Gasteiger partial charge >= 0.3 is 0 Å². The van der Waals surface area contributed by atoms with Crippen LogP contribution in [0.2, 0.25) is 0 Å². The normalized spacial score (nSPS) is 15.7. The lowest BCUT2D eigenvalue weighted by Crippen LogP contribution is -2.43. The first-order valence-corrected chi connectivity index (χ1v) is 7.14. The van der Waals surface area contributed by atoms with Gasteiger partial charge in [0.05, 0.1) is 23.8 Å². The second-order valence-electron chi connectivity index (χ2n) is 6.09. The summed E-state index contributed by atoms with van der Waals surface area (Å²) in [5.74, 6) is 0. The van der Waals surface area contributed by atoms with Gasteiger partial charge < -0.3 is 10.4 Å². The predicted octanol–water partition coefficient (Wildman–Crippen LogP) is 2.42. The number of aromatic nitrogens is 2. The number of nitrogens with one attached hydrogen (secondary N) is 1. The molecule has 0 saturated carbocycles. The molecule has 2 atom stereocenters. The molecule has 2 unspecified atom stereocenters. The van der Waals surface area contributed by atoms with Gasteiger partial charge in [-0.25, -0.2) is 0 Å². The van der Waals surface area contributed by atoms with Crippen molar-refractivity contribution < 1.29 is 5.11 Å². The van der Waals surface area contributed by atoms with Crippen molar-refractivity contribution in [3.8, 4) is 0 Å². The molecule has 5 heteroatoms. The summed E-state index contributed by atoms with van der Waals surface area (Å²) < 4.78 is 2.89. The van der Waals surface area contributed by atoms with Crippen molar-refractivity contribution in [3.63, 3.8) is 0 Å². The first-order chi connectivity index (χ1) is 8.30. The third kappa shape index (κ3) is 5.98. The quantitative estimate of drug-likeness (QED) is 0.847. The number of aliphatic hydroxyl groups excluding tert-OH is 1. The van der Waals surface area contributed by atoms with Gasteiger partial charge in [-0.2, -0.15) is 5.10 Å². The fourth-order valence-corrected chi connectivity index (χ4v) is 2.42. The van der Waals surface area contributed by atoms with E-state index < -0.39 is 0 Å². The molecular weight excluding hydrogens is 294 g/mol. The lowest BCUT2D eigenvalue weighted by atomic mass is 9.88. The molecule has 0 aliphatic carbocycles. The van der Waals surface area contributed by atoms with E-state index in [1.807, 2.05) is 10.9 Å². The highest BCUT2D eigenvalue weighted by atomic mass is 79.9. The van der Waals surface area contributed by atoms with Crippen molar-refractivity contribution in [2.45, 2.75) is 52.7 Å². The van der Waals surface area contributed by atoms with Gasteiger partial charge in [-0.1, -0.05) is 20.8 Å². The van der Waals surface area contributed by atoms with Gasteiger partial charge in [-0.05, 0) is 34.7 Å². The minimum Gasteiger partial charge on any atom is -0.395 e. The van der Waals surface area contributed by atoms with E-state index in [4.69, 9.17) is 0 Å². The van der Waals surface area contributed by atoms with Crippen LogP contribution in [-0.4, -0.2) is 33.6 Å². The Labute approximate surface area is 118 Å². The Bertz CT molecular complexity index is 359. The summed E-state index contributed by atoms with van der Waals surface area (Å²) in [6, 6.07) is 0.412. The molecule has 0 bridgehead atoms. The van der Waals surface area contributed by atoms with E-state index in [-0.39, 0.29) is 24.1 Å². The van der Waals surface area contributed by atoms with E-state index in [9.17, 15) is 5.11 Å². The summed E-state index contributed by atoms with van der Waals surface area (Å²) in [5, 5.41) is 17.1. The minimum absolute atomic E-state index is 0.138. The summed E-state index contributed by atoms with van der Waals surface area (Å²) in [6.45, 7) is 9.64. The van der Waals surface area contributed by atoms with Gasteiger partial charge in [0.25, 0.3) is 0 Å². The second kappa shape index (κ2) is 6.68. The molecule has 0 aliphatic rings. The first-order valence-electron chi connectivity index (χ1n) is 6.35. The van der Waals surface area contributed by atoms with E-state index >= 15 is 0 Å². The van der Waals surface area contributed by atoms with Crippen LogP contribution >= 0.6 is 15.9 Å². The SMILES string of the molecule is CC(Cn1cc(Br)cn1)NC(CO)CC(C)(C)C. The molecule has 0 aromatic carbocycles. The van der Waals surface area contributed by atoms with Gasteiger partial charge in [0.2, 0.25) is 0 Å². The topological polar surface area (TPSA) is 50.1 Å². The lowest BCUT2D eigenvalue weighted by molar-refractivity contribution is 0.186. The van der Waals surface area contributed by atoms with Crippen LogP contribution in [0, 0.1) is 5.41 Å². The number of hydrogen-bond acceptors (Lipinski definition) is 3. The van der Waals surface area contributed by atoms with Crippen LogP contribution in [0.25, 0.3) is 0 Å². The van der Waals surface area contributed by atoms with Gasteiger partial charge in [0.1, 0.15) is 0 Å². The fourth-order valence-electron chi connectivity index (χ4n) is 2.09. The Morgan fingerprint density at radius 2 is 2.17 bits per heavy atom. The zero-order valence-electron chi connectivity index (χ0n) is 11.7. The Balaban J connectivity index is 2.44. The molecule has 0 aliphatic heterocycles. The summed E-state index contributed by atoms with van der Waals surface area (Å²) >= 11 is 3.38. The fraction of sp³-hybridized carbons (Fsp3) is 0.769. The molecule has 0 radical (unpaired) electrons. The Morgan fingerprint density at radius 1 is 1.50 bits per heavy atom. The van der Waals surface area contributed by atoms with Crippen LogP contribution < -0.4 is 5.32 Å². The number of aliphatic hydroxyl groups is 1. The van der Waals surface area contributed by atoms with Crippen molar-refractivity contribution in [2.75, 3.05) is 6.61 Å². The maximum Gasteiger partial charge on any atom is 0.0632 e. The molecule has 0 amide bonds. The van der Waals surface area contributed by atoms with E-state index in [0.717, 1.165) is 17.4 Å². The smallest absolute Gasteiger partial charge is 0.0632 e. The van der Waals surface area contributed by atoms with Crippen LogP contribution in [0.4, 0.5) is 0 Å². The highest BCUT2D eigenvalue weighted by Gasteiger charge is 2.19. The minimum atomic E-state index is 0.138. The van der Waals surface area contributed by atoms with Gasteiger partial charge in [-0.3, -0.25) is 4.68 Å². The molecule has 2 N–H and O–H groups in total. The third-order valence-electron chi connectivity index (χ3n) is 2.66. The highest BCUT2D eigenvalue weighted by Crippen LogP contribution is 2.20. The molecule has 18 heavy (non-hydrogen) atoms. The van der Waals surface area contributed by atoms with Crippen LogP contribution in [0.1, 0.15) is 34.1 Å². The largest absolute Gasteiger partial charge is 0.395 e. The van der Waals surface area contributed by atoms with Crippen LogP contribution in [0.15, 0.2) is 16.9 Å². The summed E-state index contributed by atoms with van der Waals surface area (Å²) in [7, 11) is 0. The standard InChI is InChI=1S/C13H24BrN3O/c1-10(7-17-8-11(14)6-15-17)16-12(9-18)5-13(2,3)4/h6,8,10,12,16,18H,5,7,9H2,1-4H3. The van der Waals surface area contributed by atoms with Crippen LogP contribution in [0.3, 0.4) is 0 Å². The van der Waals surface area contributed by atoms with Crippen molar-refractivity contribution in [3.05, 3.63) is 16.9 Å². The van der Waals surface area contributed by atoms with Gasteiger partial charge in [0.15, 0.2) is 0 Å². The number of rotatable bonds is 6. The Hall–Kier alpha value is -0.390. The van der Waals surface area contributed by atoms with Crippen molar-refractivity contribution in [2.24, 2.45) is 5.41 Å². The predicted molar refractivity (Wildman–Crippen MR) is 77.5 cm³/mol. The van der Waals surface area contributed by atoms with Gasteiger partial charge in [-0.15, -0.1) is 0 Å². The van der Waals surface area contributed by atoms with Crippen molar-refractivity contribution >= 4 is 15.9 Å². The molecule has 104 valence electrons. The van der Waals surface area contributed by atoms with Crippen LogP contribution in [-0.2, 0) is 6.54 Å². The van der Waals surface area contributed by atoms with Gasteiger partial charge in [0, 0.05) is 18.3 Å². The van der Waals surface area contributed by atoms with E-state index in [2.05, 4.69) is 54.0 Å². The number of halogens is 1. The zero-order valence-corrected chi connectivity index (χ0v) is 13.2. The molecular formula is C13H24BrN3O. The average molecular weight is 318 g/mol. The maximum atomic E-state index is 9.42. The highest BCUT2D eigenvalue weighted by molar-refractivity contribution is 9.10. The summed E-state index contributed by atoms with van der Waals surface area (Å²) in [4.78, 5) is 0. The monoisotopic (exact) mass is 317 g/mol. The molecule has 1 rings (SSSR count). The first kappa shape index (κ1) is 15.7. The molecule has 4 nitrogen and oxygen atoms in total. The Kier molecular flexibility index (Phi) is 5.82. The van der Waals surface area contributed by atoms with Crippen molar-refractivity contribution in [1.82, 2.24) is 15.1 Å². The molecule has 1 aromatic rings. The summed E-state index contributed by atoms with van der Waals surface area (Å²) in [6.07, 6.45) is 4.69. The lowest BCUT2D eigenvalue weighted by Gasteiger charge is -2.28. The van der Waals surface area contributed by atoms with Crippen LogP contribution in [0.5, 0.6) is 0 Å². The van der Waals surface area contributed by atoms with E-state index in [0.29, 0.717) is 0 Å². The summed E-state index contributed by atoms with van der Waals surface area (Å²) in [5.41, 5.74) is 0.217. The molecule has 1 heterocycles. The molecule has 0 saturated heterocycles. The zero-order chi connectivity index (χ0) is 13.8. The van der Waals surface area contributed by atoms with E-state index in [1.165, 1.54) is 0 Å². The van der Waals surface area contributed by atoms with E-state index in [1.54, 1.807) is 6.20 Å². The maximum absolute atomic E-state index is 9.42. The second-order valence-corrected chi connectivity index (χ2v) is 7.01. The molecule has 1 aromatic heterocycles. The van der Waals surface area contributed by atoms with Crippen molar-refractivity contribution in [1.29, 1.82) is 0 Å². The number of nitrogens with zero attached hydrogens (tertiary/aromatic N) is 2. The number of hydrogen-bond donors (Lipinski definition) is 2. The Morgan fingerprint density at radius 3 is 2.61 bits per heavy atom. The third-order valence-corrected chi connectivity index (χ3v) is 3.07.